The summed E-state index contributed by atoms with van der Waals surface area (Å²) in [4.78, 5) is 4.41. The van der Waals surface area contributed by atoms with Crippen molar-refractivity contribution in [1.29, 1.82) is 0 Å². The molecule has 0 unspecified atom stereocenters. The molecule has 0 atom stereocenters. The van der Waals surface area contributed by atoms with Gasteiger partial charge in [0, 0.05) is 12.0 Å². The van der Waals surface area contributed by atoms with Crippen molar-refractivity contribution in [2.45, 2.75) is 25.0 Å². The smallest absolute Gasteiger partial charge is 0.196 e. The van der Waals surface area contributed by atoms with Gasteiger partial charge in [0.05, 0.1) is 18.9 Å². The normalized spacial score (nSPS) is 22.3. The minimum atomic E-state index is -0.637. The molecule has 4 nitrogen and oxygen atoms in total. The van der Waals surface area contributed by atoms with Crippen LogP contribution in [0.3, 0.4) is 0 Å². The maximum absolute atomic E-state index is 9.74. The van der Waals surface area contributed by atoms with Gasteiger partial charge in [0.25, 0.3) is 0 Å². The molecular weight excluding hydrogens is 321 g/mol. The summed E-state index contributed by atoms with van der Waals surface area (Å²) in [5.41, 5.74) is 1.91. The Balaban J connectivity index is 2.14. The van der Waals surface area contributed by atoms with Crippen molar-refractivity contribution >= 4 is 22.6 Å². The second-order valence-corrected chi connectivity index (χ2v) is 5.12. The van der Waals surface area contributed by atoms with Gasteiger partial charge >= 0.3 is 0 Å². The molecular formula is C11H12INO3. The second kappa shape index (κ2) is 3.82. The van der Waals surface area contributed by atoms with E-state index in [9.17, 15) is 5.11 Å². The van der Waals surface area contributed by atoms with Gasteiger partial charge in [0.1, 0.15) is 9.45 Å². The Hall–Kier alpha value is -0.400. The van der Waals surface area contributed by atoms with Crippen molar-refractivity contribution in [3.8, 4) is 5.75 Å². The van der Waals surface area contributed by atoms with Crippen molar-refractivity contribution < 1.29 is 14.6 Å². The lowest BCUT2D eigenvalue weighted by Crippen LogP contribution is -2.32. The van der Waals surface area contributed by atoms with Crippen molar-refractivity contribution in [2.75, 3.05) is 13.2 Å². The number of halogens is 1. The predicted octanol–water partition coefficient (Wildman–Crippen LogP) is 1.93. The van der Waals surface area contributed by atoms with E-state index in [0.717, 1.165) is 30.5 Å². The van der Waals surface area contributed by atoms with Crippen molar-refractivity contribution in [2.24, 2.45) is 0 Å². The van der Waals surface area contributed by atoms with Crippen LogP contribution in [0.2, 0.25) is 0 Å². The van der Waals surface area contributed by atoms with Crippen molar-refractivity contribution in [3.63, 3.8) is 0 Å². The highest BCUT2D eigenvalue weighted by Crippen LogP contribution is 2.43. The third-order valence-electron chi connectivity index (χ3n) is 3.12. The van der Waals surface area contributed by atoms with E-state index in [0.29, 0.717) is 16.9 Å². The van der Waals surface area contributed by atoms with Crippen LogP contribution in [-0.4, -0.2) is 23.3 Å². The fourth-order valence-corrected chi connectivity index (χ4v) is 2.86. The van der Waals surface area contributed by atoms with Crippen LogP contribution < -0.4 is 0 Å². The summed E-state index contributed by atoms with van der Waals surface area (Å²) in [6.45, 7) is 1.23. The molecule has 0 radical (unpaired) electrons. The van der Waals surface area contributed by atoms with E-state index in [1.165, 1.54) is 0 Å². The number of aromatic hydroxyl groups is 1. The summed E-state index contributed by atoms with van der Waals surface area (Å²) in [6.07, 6.45) is 2.79. The zero-order chi connectivity index (χ0) is 11.2. The Morgan fingerprint density at radius 2 is 2.12 bits per heavy atom. The molecule has 0 amide bonds. The molecule has 1 fully saturated rings. The molecule has 16 heavy (non-hydrogen) atoms. The zero-order valence-electron chi connectivity index (χ0n) is 8.70. The van der Waals surface area contributed by atoms with E-state index >= 15 is 0 Å². The lowest BCUT2D eigenvalue weighted by molar-refractivity contribution is -0.176. The zero-order valence-corrected chi connectivity index (χ0v) is 10.9. The highest BCUT2D eigenvalue weighted by atomic mass is 127. The van der Waals surface area contributed by atoms with Gasteiger partial charge in [-0.3, -0.25) is 0 Å². The lowest BCUT2D eigenvalue weighted by atomic mass is 9.90. The quantitative estimate of drug-likeness (QED) is 0.582. The van der Waals surface area contributed by atoms with Crippen molar-refractivity contribution in [3.05, 3.63) is 21.0 Å². The largest absolute Gasteiger partial charge is 0.505 e. The first-order valence-electron chi connectivity index (χ1n) is 5.38. The first kappa shape index (κ1) is 10.7. The van der Waals surface area contributed by atoms with E-state index in [1.54, 1.807) is 6.07 Å². The van der Waals surface area contributed by atoms with E-state index in [2.05, 4.69) is 4.98 Å². The number of pyridine rings is 1. The first-order valence-corrected chi connectivity index (χ1v) is 6.46. The average Bonchev–Trinajstić information content (AvgIpc) is 2.71. The Bertz CT molecular complexity index is 429. The number of hydrogen-bond donors (Lipinski definition) is 1. The first-order chi connectivity index (χ1) is 7.71. The van der Waals surface area contributed by atoms with Crippen LogP contribution in [0.25, 0.3) is 0 Å². The number of hydrogen-bond acceptors (Lipinski definition) is 4. The number of nitrogens with zero attached hydrogens (tertiary/aromatic N) is 1. The molecule has 0 aromatic carbocycles. The molecule has 1 aliphatic carbocycles. The predicted molar refractivity (Wildman–Crippen MR) is 65.1 cm³/mol. The molecule has 1 aromatic heterocycles. The molecule has 5 heteroatoms. The molecule has 86 valence electrons. The standard InChI is InChI=1S/C11H12INO3/c12-10-9(14)6-7-8(13-10)2-1-3-11(7)15-4-5-16-11/h6,14H,1-5H2. The third-order valence-corrected chi connectivity index (χ3v) is 3.91. The van der Waals surface area contributed by atoms with E-state index in [4.69, 9.17) is 9.47 Å². The third kappa shape index (κ3) is 1.53. The number of aryl methyl sites for hydroxylation is 1. The van der Waals surface area contributed by atoms with Gasteiger partial charge in [-0.25, -0.2) is 4.98 Å². The van der Waals surface area contributed by atoms with Gasteiger partial charge in [-0.1, -0.05) is 0 Å². The molecule has 0 bridgehead atoms. The number of ether oxygens (including phenoxy) is 2. The summed E-state index contributed by atoms with van der Waals surface area (Å²) < 4.78 is 12.1. The van der Waals surface area contributed by atoms with Crippen LogP contribution in [-0.2, 0) is 21.7 Å². The molecule has 2 heterocycles. The van der Waals surface area contributed by atoms with E-state index in [-0.39, 0.29) is 5.75 Å². The molecule has 1 aliphatic heterocycles. The van der Waals surface area contributed by atoms with Gasteiger partial charge < -0.3 is 14.6 Å². The highest BCUT2D eigenvalue weighted by Gasteiger charge is 2.43. The molecule has 1 spiro atoms. The maximum Gasteiger partial charge on any atom is 0.196 e. The fourth-order valence-electron chi connectivity index (χ4n) is 2.41. The topological polar surface area (TPSA) is 51.6 Å². The van der Waals surface area contributed by atoms with Crippen LogP contribution in [0.5, 0.6) is 5.75 Å². The molecule has 0 saturated carbocycles. The molecule has 1 N–H and O–H groups in total. The number of rotatable bonds is 0. The van der Waals surface area contributed by atoms with Gasteiger partial charge in [0.2, 0.25) is 0 Å². The average molecular weight is 333 g/mol. The minimum absolute atomic E-state index is 0.208. The van der Waals surface area contributed by atoms with Gasteiger partial charge in [0.15, 0.2) is 5.79 Å². The van der Waals surface area contributed by atoms with Crippen LogP contribution in [0.1, 0.15) is 24.1 Å². The molecule has 3 rings (SSSR count). The van der Waals surface area contributed by atoms with Crippen molar-refractivity contribution in [1.82, 2.24) is 4.98 Å². The van der Waals surface area contributed by atoms with Gasteiger partial charge in [-0.2, -0.15) is 0 Å². The summed E-state index contributed by atoms with van der Waals surface area (Å²) >= 11 is 2.04. The monoisotopic (exact) mass is 333 g/mol. The molecule has 1 aromatic rings. The Morgan fingerprint density at radius 1 is 1.38 bits per heavy atom. The molecule has 1 saturated heterocycles. The Labute approximate surface area is 107 Å². The molecule has 2 aliphatic rings. The van der Waals surface area contributed by atoms with Gasteiger partial charge in [-0.05, 0) is 41.5 Å². The summed E-state index contributed by atoms with van der Waals surface area (Å²) in [5.74, 6) is -0.428. The van der Waals surface area contributed by atoms with E-state index in [1.807, 2.05) is 22.6 Å². The number of aromatic nitrogens is 1. The van der Waals surface area contributed by atoms with E-state index < -0.39 is 5.79 Å². The summed E-state index contributed by atoms with van der Waals surface area (Å²) in [6, 6.07) is 1.74. The minimum Gasteiger partial charge on any atom is -0.505 e. The van der Waals surface area contributed by atoms with Gasteiger partial charge in [-0.15, -0.1) is 0 Å². The van der Waals surface area contributed by atoms with Crippen LogP contribution >= 0.6 is 22.6 Å². The fraction of sp³-hybridized carbons (Fsp3) is 0.545. The number of fused-ring (bicyclic) bond motifs is 2. The maximum atomic E-state index is 9.74. The SMILES string of the molecule is Oc1cc2c(nc1I)CCCC21OCCO1. The summed E-state index contributed by atoms with van der Waals surface area (Å²) in [5, 5.41) is 9.74. The van der Waals surface area contributed by atoms with Crippen LogP contribution in [0.4, 0.5) is 0 Å². The highest BCUT2D eigenvalue weighted by molar-refractivity contribution is 14.1. The second-order valence-electron chi connectivity index (χ2n) is 4.10. The summed E-state index contributed by atoms with van der Waals surface area (Å²) in [7, 11) is 0. The lowest BCUT2D eigenvalue weighted by Gasteiger charge is -2.33. The van der Waals surface area contributed by atoms with Crippen LogP contribution in [0.15, 0.2) is 6.07 Å². The van der Waals surface area contributed by atoms with Crippen LogP contribution in [0, 0.1) is 3.70 Å². The Kier molecular flexibility index (Phi) is 2.56. The Morgan fingerprint density at radius 3 is 2.88 bits per heavy atom.